The number of alkyl halides is 3. The first-order valence-electron chi connectivity index (χ1n) is 11.7. The topological polar surface area (TPSA) is 79.5 Å². The maximum absolute atomic E-state index is 13.3. The van der Waals surface area contributed by atoms with Crippen molar-refractivity contribution in [3.8, 4) is 5.75 Å². The normalized spacial score (nSPS) is 19.5. The van der Waals surface area contributed by atoms with E-state index in [0.717, 1.165) is 11.3 Å². The molecule has 10 heteroatoms. The van der Waals surface area contributed by atoms with Crippen molar-refractivity contribution >= 4 is 23.6 Å². The highest BCUT2D eigenvalue weighted by molar-refractivity contribution is 8.00. The molecule has 36 heavy (non-hydrogen) atoms. The van der Waals surface area contributed by atoms with E-state index in [4.69, 9.17) is 4.74 Å². The molecule has 0 aliphatic carbocycles. The lowest BCUT2D eigenvalue weighted by Crippen LogP contribution is -2.66. The number of amides is 2. The van der Waals surface area contributed by atoms with Crippen LogP contribution in [0.15, 0.2) is 53.4 Å². The van der Waals surface area contributed by atoms with Crippen LogP contribution in [0.1, 0.15) is 51.3 Å². The van der Waals surface area contributed by atoms with Gasteiger partial charge in [0.15, 0.2) is 0 Å². The van der Waals surface area contributed by atoms with Gasteiger partial charge in [0.25, 0.3) is 0 Å². The second-order valence-electron chi connectivity index (χ2n) is 9.72. The average Bonchev–Trinajstić information content (AvgIpc) is 2.81. The Morgan fingerprint density at radius 3 is 2.22 bits per heavy atom. The SMILES string of the molecule is COc1ccc(C(C)(C)C2NC(=O)CC(C(=O)N[C@@H](c3ccc(SC(F)(F)F)cc3)C(C)C)N2)cc1. The Labute approximate surface area is 213 Å². The van der Waals surface area contributed by atoms with E-state index in [2.05, 4.69) is 16.0 Å². The smallest absolute Gasteiger partial charge is 0.446 e. The zero-order chi connectivity index (χ0) is 26.7. The number of benzene rings is 2. The van der Waals surface area contributed by atoms with Crippen molar-refractivity contribution in [2.24, 2.45) is 5.92 Å². The van der Waals surface area contributed by atoms with E-state index < -0.39 is 29.2 Å². The van der Waals surface area contributed by atoms with Gasteiger partial charge in [-0.15, -0.1) is 0 Å². The number of nitrogens with one attached hydrogen (secondary N) is 3. The third-order valence-electron chi connectivity index (χ3n) is 6.37. The zero-order valence-electron chi connectivity index (χ0n) is 20.9. The molecule has 2 aromatic carbocycles. The van der Waals surface area contributed by atoms with Crippen LogP contribution >= 0.6 is 11.8 Å². The Bertz CT molecular complexity index is 1060. The number of methoxy groups -OCH3 is 1. The van der Waals surface area contributed by atoms with E-state index in [1.807, 2.05) is 52.0 Å². The molecular formula is C26H32F3N3O3S. The lowest BCUT2D eigenvalue weighted by Gasteiger charge is -2.41. The molecule has 1 aliphatic heterocycles. The quantitative estimate of drug-likeness (QED) is 0.429. The molecule has 3 atom stereocenters. The molecule has 1 aliphatic rings. The minimum absolute atomic E-state index is 0.0208. The summed E-state index contributed by atoms with van der Waals surface area (Å²) in [4.78, 5) is 25.9. The maximum atomic E-state index is 13.3. The van der Waals surface area contributed by atoms with Crippen LogP contribution in [0.25, 0.3) is 0 Å². The Kier molecular flexibility index (Phi) is 8.61. The van der Waals surface area contributed by atoms with E-state index >= 15 is 0 Å². The van der Waals surface area contributed by atoms with Gasteiger partial charge in [0, 0.05) is 10.3 Å². The van der Waals surface area contributed by atoms with E-state index in [-0.39, 0.29) is 40.8 Å². The average molecular weight is 524 g/mol. The third kappa shape index (κ3) is 6.94. The Balaban J connectivity index is 1.74. The van der Waals surface area contributed by atoms with Gasteiger partial charge in [-0.2, -0.15) is 13.2 Å². The van der Waals surface area contributed by atoms with E-state index in [0.29, 0.717) is 5.56 Å². The molecule has 0 radical (unpaired) electrons. The van der Waals surface area contributed by atoms with Crippen molar-refractivity contribution in [1.29, 1.82) is 0 Å². The first-order valence-corrected chi connectivity index (χ1v) is 12.5. The van der Waals surface area contributed by atoms with Crippen LogP contribution in [-0.2, 0) is 15.0 Å². The first-order chi connectivity index (χ1) is 16.8. The molecule has 6 nitrogen and oxygen atoms in total. The summed E-state index contributed by atoms with van der Waals surface area (Å²) in [6.45, 7) is 7.79. The fraction of sp³-hybridized carbons (Fsp3) is 0.462. The summed E-state index contributed by atoms with van der Waals surface area (Å²) in [5.74, 6) is 0.110. The lowest BCUT2D eigenvalue weighted by atomic mass is 9.80. The van der Waals surface area contributed by atoms with Crippen LogP contribution in [0, 0.1) is 5.92 Å². The van der Waals surface area contributed by atoms with Gasteiger partial charge in [0.1, 0.15) is 5.75 Å². The van der Waals surface area contributed by atoms with Crippen molar-refractivity contribution in [2.75, 3.05) is 7.11 Å². The summed E-state index contributed by atoms with van der Waals surface area (Å²) >= 11 is -0.180. The molecule has 3 rings (SSSR count). The highest BCUT2D eigenvalue weighted by Crippen LogP contribution is 2.37. The molecule has 1 fully saturated rings. The number of rotatable bonds is 8. The van der Waals surface area contributed by atoms with Gasteiger partial charge in [-0.3, -0.25) is 14.9 Å². The predicted molar refractivity (Wildman–Crippen MR) is 134 cm³/mol. The number of carbonyl (C=O) groups is 2. The van der Waals surface area contributed by atoms with Crippen molar-refractivity contribution in [3.05, 3.63) is 59.7 Å². The lowest BCUT2D eigenvalue weighted by molar-refractivity contribution is -0.133. The van der Waals surface area contributed by atoms with Gasteiger partial charge in [0.05, 0.1) is 31.8 Å². The summed E-state index contributed by atoms with van der Waals surface area (Å²) in [5.41, 5.74) is -3.25. The minimum atomic E-state index is -4.36. The van der Waals surface area contributed by atoms with Crippen molar-refractivity contribution < 1.29 is 27.5 Å². The molecule has 3 N–H and O–H groups in total. The van der Waals surface area contributed by atoms with Crippen molar-refractivity contribution in [3.63, 3.8) is 0 Å². The molecule has 0 saturated carbocycles. The third-order valence-corrected chi connectivity index (χ3v) is 7.11. The second kappa shape index (κ2) is 11.1. The van der Waals surface area contributed by atoms with Crippen molar-refractivity contribution in [1.82, 2.24) is 16.0 Å². The Morgan fingerprint density at radius 2 is 1.69 bits per heavy atom. The molecule has 2 unspecified atom stereocenters. The molecule has 2 amide bonds. The first kappa shape index (κ1) is 27.9. The summed E-state index contributed by atoms with van der Waals surface area (Å²) < 4.78 is 43.2. The van der Waals surface area contributed by atoms with Crippen LogP contribution in [0.2, 0.25) is 0 Å². The Hall–Kier alpha value is -2.72. The molecule has 0 aromatic heterocycles. The highest BCUT2D eigenvalue weighted by Gasteiger charge is 2.40. The summed E-state index contributed by atoms with van der Waals surface area (Å²) in [6, 6.07) is 12.3. The molecule has 0 spiro atoms. The van der Waals surface area contributed by atoms with Gasteiger partial charge in [0.2, 0.25) is 11.8 Å². The molecule has 1 saturated heterocycles. The van der Waals surface area contributed by atoms with Crippen LogP contribution in [-0.4, -0.2) is 36.6 Å². The Morgan fingerprint density at radius 1 is 1.08 bits per heavy atom. The number of ether oxygens (including phenoxy) is 1. The van der Waals surface area contributed by atoms with Gasteiger partial charge < -0.3 is 15.4 Å². The molecule has 1 heterocycles. The van der Waals surface area contributed by atoms with Crippen LogP contribution in [0.5, 0.6) is 5.75 Å². The summed E-state index contributed by atoms with van der Waals surface area (Å²) in [7, 11) is 1.59. The van der Waals surface area contributed by atoms with E-state index in [1.165, 1.54) is 12.1 Å². The predicted octanol–water partition coefficient (Wildman–Crippen LogP) is 4.90. The van der Waals surface area contributed by atoms with E-state index in [9.17, 15) is 22.8 Å². The second-order valence-corrected chi connectivity index (χ2v) is 10.9. The van der Waals surface area contributed by atoms with Gasteiger partial charge in [-0.05, 0) is 53.1 Å². The summed E-state index contributed by atoms with van der Waals surface area (Å²) in [5, 5.41) is 9.21. The standard InChI is InChI=1S/C26H32F3N3O3S/c1-15(2)22(16-6-12-19(13-7-16)36-26(27,28)29)32-23(34)20-14-21(33)31-24(30-20)25(3,4)17-8-10-18(35-5)11-9-17/h6-13,15,20,22,24,30H,14H2,1-5H3,(H,31,33)(H,32,34)/t20?,22-,24?/m1/s1. The molecular weight excluding hydrogens is 491 g/mol. The zero-order valence-corrected chi connectivity index (χ0v) is 21.7. The molecule has 0 bridgehead atoms. The monoisotopic (exact) mass is 523 g/mol. The van der Waals surface area contributed by atoms with Crippen LogP contribution in [0.3, 0.4) is 0 Å². The number of carbonyl (C=O) groups excluding carboxylic acids is 2. The number of hydrogen-bond donors (Lipinski definition) is 3. The minimum Gasteiger partial charge on any atom is -0.497 e. The van der Waals surface area contributed by atoms with Gasteiger partial charge in [-0.1, -0.05) is 52.0 Å². The van der Waals surface area contributed by atoms with Crippen molar-refractivity contribution in [2.45, 2.75) is 68.2 Å². The maximum Gasteiger partial charge on any atom is 0.446 e. The van der Waals surface area contributed by atoms with Gasteiger partial charge >= 0.3 is 5.51 Å². The molecule has 196 valence electrons. The number of thioether (sulfide) groups is 1. The fourth-order valence-electron chi connectivity index (χ4n) is 4.22. The van der Waals surface area contributed by atoms with Gasteiger partial charge in [-0.25, -0.2) is 0 Å². The largest absolute Gasteiger partial charge is 0.497 e. The highest BCUT2D eigenvalue weighted by atomic mass is 32.2. The number of halogens is 3. The van der Waals surface area contributed by atoms with Crippen LogP contribution < -0.4 is 20.7 Å². The van der Waals surface area contributed by atoms with E-state index in [1.54, 1.807) is 19.2 Å². The number of hydrogen-bond acceptors (Lipinski definition) is 5. The van der Waals surface area contributed by atoms with Crippen LogP contribution in [0.4, 0.5) is 13.2 Å². The summed E-state index contributed by atoms with van der Waals surface area (Å²) in [6.07, 6.45) is -0.522. The fourth-order valence-corrected chi connectivity index (χ4v) is 4.76. The molecule has 2 aromatic rings.